The van der Waals surface area contributed by atoms with Crippen LogP contribution < -0.4 is 5.32 Å². The van der Waals surface area contributed by atoms with Crippen LogP contribution in [0.15, 0.2) is 0 Å². The molecule has 2 nitrogen and oxygen atoms in total. The van der Waals surface area contributed by atoms with Crippen LogP contribution in [0.3, 0.4) is 0 Å². The minimum atomic E-state index is 0.345. The fourth-order valence-corrected chi connectivity index (χ4v) is 3.11. The number of hydrogen-bond acceptors (Lipinski definition) is 2. The first kappa shape index (κ1) is 15.0. The fraction of sp³-hybridized carbons (Fsp3) is 1.00. The molecule has 0 saturated carbocycles. The van der Waals surface area contributed by atoms with E-state index in [1.165, 1.54) is 32.2 Å². The van der Waals surface area contributed by atoms with Gasteiger partial charge in [0.2, 0.25) is 0 Å². The van der Waals surface area contributed by atoms with Crippen LogP contribution in [0, 0.1) is 0 Å². The second-order valence-corrected chi connectivity index (χ2v) is 6.05. The lowest BCUT2D eigenvalue weighted by Gasteiger charge is -2.53. The van der Waals surface area contributed by atoms with Crippen LogP contribution >= 0.6 is 0 Å². The zero-order valence-electron chi connectivity index (χ0n) is 12.8. The summed E-state index contributed by atoms with van der Waals surface area (Å²) in [7, 11) is 0. The normalized spacial score (nSPS) is 26.1. The maximum absolute atomic E-state index is 3.79. The van der Waals surface area contributed by atoms with E-state index in [9.17, 15) is 0 Å². The molecule has 0 aromatic heterocycles. The summed E-state index contributed by atoms with van der Waals surface area (Å²) in [6.07, 6.45) is 4.96. The van der Waals surface area contributed by atoms with E-state index >= 15 is 0 Å². The lowest BCUT2D eigenvalue weighted by Crippen LogP contribution is -2.67. The van der Waals surface area contributed by atoms with Gasteiger partial charge in [-0.15, -0.1) is 0 Å². The summed E-state index contributed by atoms with van der Waals surface area (Å²) in [6.45, 7) is 16.4. The molecule has 1 atom stereocenters. The number of piperazine rings is 1. The molecule has 102 valence electrons. The molecule has 1 rings (SSSR count). The molecule has 0 bridgehead atoms. The molecule has 0 aromatic carbocycles. The van der Waals surface area contributed by atoms with Crippen LogP contribution in [0.5, 0.6) is 0 Å². The van der Waals surface area contributed by atoms with Gasteiger partial charge in [-0.05, 0) is 39.5 Å². The Morgan fingerprint density at radius 3 is 2.12 bits per heavy atom. The Labute approximate surface area is 108 Å². The molecule has 1 aliphatic heterocycles. The Bertz CT molecular complexity index is 229. The van der Waals surface area contributed by atoms with Crippen LogP contribution in [-0.2, 0) is 0 Å². The summed E-state index contributed by atoms with van der Waals surface area (Å²) in [5.74, 6) is 0. The van der Waals surface area contributed by atoms with Crippen LogP contribution in [-0.4, -0.2) is 35.1 Å². The lowest BCUT2D eigenvalue weighted by molar-refractivity contribution is -0.00971. The van der Waals surface area contributed by atoms with Crippen molar-refractivity contribution in [2.24, 2.45) is 0 Å². The molecule has 0 radical (unpaired) electrons. The molecular weight excluding hydrogens is 208 g/mol. The van der Waals surface area contributed by atoms with Gasteiger partial charge in [-0.3, -0.25) is 4.90 Å². The van der Waals surface area contributed by atoms with Crippen molar-refractivity contribution in [3.05, 3.63) is 0 Å². The van der Waals surface area contributed by atoms with Gasteiger partial charge >= 0.3 is 0 Å². The first-order valence-corrected chi connectivity index (χ1v) is 7.48. The molecule has 1 fully saturated rings. The van der Waals surface area contributed by atoms with E-state index in [0.717, 1.165) is 6.54 Å². The molecule has 2 heteroatoms. The van der Waals surface area contributed by atoms with Crippen LogP contribution in [0.2, 0.25) is 0 Å². The van der Waals surface area contributed by atoms with E-state index in [0.29, 0.717) is 17.1 Å². The molecule has 1 aliphatic rings. The Balaban J connectivity index is 2.89. The summed E-state index contributed by atoms with van der Waals surface area (Å²) in [6, 6.07) is 0.658. The van der Waals surface area contributed by atoms with Gasteiger partial charge in [0.25, 0.3) is 0 Å². The molecule has 0 amide bonds. The van der Waals surface area contributed by atoms with Gasteiger partial charge in [0.15, 0.2) is 0 Å². The first-order chi connectivity index (χ1) is 7.97. The Morgan fingerprint density at radius 1 is 1.18 bits per heavy atom. The molecule has 0 aliphatic carbocycles. The van der Waals surface area contributed by atoms with Gasteiger partial charge in [-0.25, -0.2) is 0 Å². The van der Waals surface area contributed by atoms with E-state index in [1.807, 2.05) is 0 Å². The SMILES string of the molecule is CCC1(CC)CN(C(C)(CC)CC)C(C)CN1. The molecule has 0 spiro atoms. The van der Waals surface area contributed by atoms with Crippen molar-refractivity contribution in [3.8, 4) is 0 Å². The third-order valence-electron chi connectivity index (χ3n) is 5.35. The third kappa shape index (κ3) is 2.85. The maximum atomic E-state index is 3.79. The van der Waals surface area contributed by atoms with Crippen molar-refractivity contribution < 1.29 is 0 Å². The highest BCUT2D eigenvalue weighted by Crippen LogP contribution is 2.32. The monoisotopic (exact) mass is 240 g/mol. The van der Waals surface area contributed by atoms with E-state index < -0.39 is 0 Å². The van der Waals surface area contributed by atoms with Gasteiger partial charge in [0.1, 0.15) is 0 Å². The first-order valence-electron chi connectivity index (χ1n) is 7.48. The second kappa shape index (κ2) is 5.71. The molecule has 1 saturated heterocycles. The standard InChI is InChI=1S/C15H32N2/c1-7-14(6,8-2)17-12-15(9-3,10-4)16-11-13(17)5/h13,16H,7-12H2,1-6H3. The van der Waals surface area contributed by atoms with Gasteiger partial charge < -0.3 is 5.32 Å². The largest absolute Gasteiger partial charge is 0.308 e. The van der Waals surface area contributed by atoms with E-state index in [2.05, 4.69) is 51.8 Å². The fourth-order valence-electron chi connectivity index (χ4n) is 3.11. The van der Waals surface area contributed by atoms with Crippen molar-refractivity contribution >= 4 is 0 Å². The predicted octanol–water partition coefficient (Wildman–Crippen LogP) is 3.42. The average molecular weight is 240 g/mol. The summed E-state index contributed by atoms with van der Waals surface area (Å²) < 4.78 is 0. The van der Waals surface area contributed by atoms with Crippen molar-refractivity contribution in [3.63, 3.8) is 0 Å². The average Bonchev–Trinajstić information content (AvgIpc) is 2.39. The van der Waals surface area contributed by atoms with Crippen LogP contribution in [0.25, 0.3) is 0 Å². The highest BCUT2D eigenvalue weighted by molar-refractivity contribution is 5.00. The van der Waals surface area contributed by atoms with Crippen molar-refractivity contribution in [1.82, 2.24) is 10.2 Å². The quantitative estimate of drug-likeness (QED) is 0.792. The van der Waals surface area contributed by atoms with Crippen LogP contribution in [0.4, 0.5) is 0 Å². The minimum Gasteiger partial charge on any atom is -0.308 e. The number of hydrogen-bond donors (Lipinski definition) is 1. The summed E-state index contributed by atoms with van der Waals surface area (Å²) in [5, 5.41) is 3.79. The predicted molar refractivity (Wildman–Crippen MR) is 76.5 cm³/mol. The number of nitrogens with zero attached hydrogens (tertiary/aromatic N) is 1. The molecule has 1 unspecified atom stereocenters. The van der Waals surface area contributed by atoms with E-state index in [1.54, 1.807) is 0 Å². The van der Waals surface area contributed by atoms with Gasteiger partial charge in [0, 0.05) is 30.2 Å². The molecule has 1 N–H and O–H groups in total. The van der Waals surface area contributed by atoms with Crippen molar-refractivity contribution in [1.29, 1.82) is 0 Å². The summed E-state index contributed by atoms with van der Waals surface area (Å²) in [4.78, 5) is 2.76. The van der Waals surface area contributed by atoms with Gasteiger partial charge in [0.05, 0.1) is 0 Å². The van der Waals surface area contributed by atoms with Gasteiger partial charge in [-0.1, -0.05) is 27.7 Å². The molecule has 0 aromatic rings. The highest BCUT2D eigenvalue weighted by atomic mass is 15.3. The smallest absolute Gasteiger partial charge is 0.0304 e. The lowest BCUT2D eigenvalue weighted by atomic mass is 9.83. The minimum absolute atomic E-state index is 0.345. The summed E-state index contributed by atoms with van der Waals surface area (Å²) in [5.41, 5.74) is 0.717. The molecular formula is C15H32N2. The summed E-state index contributed by atoms with van der Waals surface area (Å²) >= 11 is 0. The topological polar surface area (TPSA) is 15.3 Å². The third-order valence-corrected chi connectivity index (χ3v) is 5.35. The highest BCUT2D eigenvalue weighted by Gasteiger charge is 2.41. The second-order valence-electron chi connectivity index (χ2n) is 6.05. The van der Waals surface area contributed by atoms with Gasteiger partial charge in [-0.2, -0.15) is 0 Å². The number of rotatable bonds is 5. The zero-order valence-corrected chi connectivity index (χ0v) is 12.8. The zero-order chi connectivity index (χ0) is 13.1. The van der Waals surface area contributed by atoms with Crippen LogP contribution in [0.1, 0.15) is 67.2 Å². The number of nitrogens with one attached hydrogen (secondary N) is 1. The van der Waals surface area contributed by atoms with E-state index in [4.69, 9.17) is 0 Å². The molecule has 1 heterocycles. The maximum Gasteiger partial charge on any atom is 0.0304 e. The molecule has 17 heavy (non-hydrogen) atoms. The van der Waals surface area contributed by atoms with E-state index in [-0.39, 0.29) is 0 Å². The van der Waals surface area contributed by atoms with Crippen molar-refractivity contribution in [2.75, 3.05) is 13.1 Å². The van der Waals surface area contributed by atoms with Crippen molar-refractivity contribution in [2.45, 2.75) is 84.3 Å². The Hall–Kier alpha value is -0.0800. The Morgan fingerprint density at radius 2 is 1.71 bits per heavy atom. The Kier molecular flexibility index (Phi) is 5.03.